The van der Waals surface area contributed by atoms with E-state index in [1.807, 2.05) is 30.3 Å². The second-order valence-electron chi connectivity index (χ2n) is 4.04. The first-order valence-corrected chi connectivity index (χ1v) is 7.59. The minimum absolute atomic E-state index is 0.558. The number of ether oxygens (including phenoxy) is 1. The van der Waals surface area contributed by atoms with Crippen LogP contribution in [0.25, 0.3) is 0 Å². The fraction of sp³-hybridized carbons (Fsp3) is 0.133. The maximum atomic E-state index is 8.80. The van der Waals surface area contributed by atoms with Crippen LogP contribution in [0.4, 0.5) is 5.69 Å². The van der Waals surface area contributed by atoms with Gasteiger partial charge in [0.1, 0.15) is 12.4 Å². The summed E-state index contributed by atoms with van der Waals surface area (Å²) in [6, 6.07) is 15.3. The molecule has 0 aliphatic carbocycles. The molecule has 0 saturated carbocycles. The van der Waals surface area contributed by atoms with Crippen molar-refractivity contribution in [2.75, 3.05) is 18.5 Å². The summed E-state index contributed by atoms with van der Waals surface area (Å²) >= 11 is 6.84. The van der Waals surface area contributed by atoms with Gasteiger partial charge in [-0.25, -0.2) is 0 Å². The monoisotopic (exact) mass is 394 g/mol. The van der Waals surface area contributed by atoms with E-state index in [1.54, 1.807) is 12.1 Å². The van der Waals surface area contributed by atoms with Crippen molar-refractivity contribution in [3.8, 4) is 11.8 Å². The quantitative estimate of drug-likeness (QED) is 0.754. The number of rotatable bonds is 5. The van der Waals surface area contributed by atoms with E-state index in [4.69, 9.17) is 10.00 Å². The lowest BCUT2D eigenvalue weighted by molar-refractivity contribution is 0.332. The smallest absolute Gasteiger partial charge is 0.120 e. The predicted molar refractivity (Wildman–Crippen MR) is 87.0 cm³/mol. The molecule has 2 aromatic rings. The Balaban J connectivity index is 1.83. The number of nitrogens with zero attached hydrogens (tertiary/aromatic N) is 1. The molecule has 3 nitrogen and oxygen atoms in total. The van der Waals surface area contributed by atoms with Gasteiger partial charge in [-0.05, 0) is 52.3 Å². The molecule has 0 spiro atoms. The predicted octanol–water partition coefficient (Wildman–Crippen LogP) is 4.57. The summed E-state index contributed by atoms with van der Waals surface area (Å²) in [5.41, 5.74) is 1.58. The number of halogens is 2. The highest BCUT2D eigenvalue weighted by Crippen LogP contribution is 2.23. The van der Waals surface area contributed by atoms with Crippen LogP contribution in [-0.4, -0.2) is 13.2 Å². The zero-order chi connectivity index (χ0) is 14.4. The third kappa shape index (κ3) is 4.26. The van der Waals surface area contributed by atoms with Gasteiger partial charge in [-0.15, -0.1) is 0 Å². The minimum Gasteiger partial charge on any atom is -0.492 e. The number of anilines is 1. The Bertz CT molecular complexity index is 638. The largest absolute Gasteiger partial charge is 0.492 e. The van der Waals surface area contributed by atoms with Gasteiger partial charge in [0.2, 0.25) is 0 Å². The van der Waals surface area contributed by atoms with Crippen molar-refractivity contribution in [2.24, 2.45) is 0 Å². The van der Waals surface area contributed by atoms with Gasteiger partial charge in [-0.3, -0.25) is 0 Å². The molecule has 0 fully saturated rings. The number of benzene rings is 2. The van der Waals surface area contributed by atoms with Gasteiger partial charge < -0.3 is 10.1 Å². The van der Waals surface area contributed by atoms with Gasteiger partial charge >= 0.3 is 0 Å². The Kier molecular flexibility index (Phi) is 5.45. The first-order valence-electron chi connectivity index (χ1n) is 6.01. The molecular formula is C15H12Br2N2O. The maximum Gasteiger partial charge on any atom is 0.120 e. The third-order valence-electron chi connectivity index (χ3n) is 2.58. The molecule has 20 heavy (non-hydrogen) atoms. The molecule has 0 radical (unpaired) electrons. The van der Waals surface area contributed by atoms with Gasteiger partial charge in [-0.1, -0.05) is 22.0 Å². The van der Waals surface area contributed by atoms with E-state index in [2.05, 4.69) is 43.2 Å². The van der Waals surface area contributed by atoms with Crippen LogP contribution in [0.3, 0.4) is 0 Å². The second-order valence-corrected chi connectivity index (χ2v) is 5.81. The minimum atomic E-state index is 0.558. The molecule has 0 atom stereocenters. The molecule has 102 valence electrons. The summed E-state index contributed by atoms with van der Waals surface area (Å²) in [5, 5.41) is 12.1. The Morgan fingerprint density at radius 3 is 2.70 bits per heavy atom. The van der Waals surface area contributed by atoms with E-state index in [0.29, 0.717) is 18.7 Å². The van der Waals surface area contributed by atoms with Crippen molar-refractivity contribution in [3.63, 3.8) is 0 Å². The molecule has 1 N–H and O–H groups in total. The Morgan fingerprint density at radius 2 is 2.00 bits per heavy atom. The van der Waals surface area contributed by atoms with E-state index in [1.165, 1.54) is 0 Å². The van der Waals surface area contributed by atoms with E-state index in [-0.39, 0.29) is 0 Å². The lowest BCUT2D eigenvalue weighted by Gasteiger charge is -2.10. The molecule has 0 bridgehead atoms. The summed E-state index contributed by atoms with van der Waals surface area (Å²) in [4.78, 5) is 0. The average Bonchev–Trinajstić information content (AvgIpc) is 2.45. The molecule has 0 unspecified atom stereocenters. The summed E-state index contributed by atoms with van der Waals surface area (Å²) in [6.07, 6.45) is 0. The third-order valence-corrected chi connectivity index (χ3v) is 3.73. The van der Waals surface area contributed by atoms with Gasteiger partial charge in [0.25, 0.3) is 0 Å². The molecule has 0 saturated heterocycles. The van der Waals surface area contributed by atoms with Crippen LogP contribution in [0, 0.1) is 11.3 Å². The molecule has 0 heterocycles. The summed E-state index contributed by atoms with van der Waals surface area (Å²) < 4.78 is 7.51. The standard InChI is InChI=1S/C15H12Br2N2O/c16-12-2-1-3-13(9-12)20-7-6-19-15-5-4-11(10-18)8-14(15)17/h1-5,8-9,19H,6-7H2. The molecular weight excluding hydrogens is 384 g/mol. The van der Waals surface area contributed by atoms with Crippen molar-refractivity contribution in [2.45, 2.75) is 0 Å². The summed E-state index contributed by atoms with van der Waals surface area (Å²) in [6.45, 7) is 1.24. The van der Waals surface area contributed by atoms with Gasteiger partial charge in [0, 0.05) is 21.2 Å². The molecule has 5 heteroatoms. The van der Waals surface area contributed by atoms with Crippen molar-refractivity contribution >= 4 is 37.5 Å². The Labute approximate surface area is 134 Å². The zero-order valence-electron chi connectivity index (χ0n) is 10.6. The first-order chi connectivity index (χ1) is 9.69. The fourth-order valence-corrected chi connectivity index (χ4v) is 2.54. The van der Waals surface area contributed by atoms with E-state index >= 15 is 0 Å². The number of nitriles is 1. The molecule has 0 aromatic heterocycles. The Morgan fingerprint density at radius 1 is 1.15 bits per heavy atom. The highest BCUT2D eigenvalue weighted by atomic mass is 79.9. The SMILES string of the molecule is N#Cc1ccc(NCCOc2cccc(Br)c2)c(Br)c1. The normalized spacial score (nSPS) is 9.85. The molecule has 0 amide bonds. The van der Waals surface area contributed by atoms with Crippen LogP contribution in [0.1, 0.15) is 5.56 Å². The van der Waals surface area contributed by atoms with E-state index in [9.17, 15) is 0 Å². The second kappa shape index (κ2) is 7.32. The van der Waals surface area contributed by atoms with Crippen LogP contribution < -0.4 is 10.1 Å². The average molecular weight is 396 g/mol. The highest BCUT2D eigenvalue weighted by molar-refractivity contribution is 9.10. The van der Waals surface area contributed by atoms with Crippen molar-refractivity contribution in [1.29, 1.82) is 5.26 Å². The summed E-state index contributed by atoms with van der Waals surface area (Å²) in [7, 11) is 0. The molecule has 0 aliphatic heterocycles. The van der Waals surface area contributed by atoms with Gasteiger partial charge in [0.05, 0.1) is 11.6 Å². The van der Waals surface area contributed by atoms with Crippen LogP contribution in [0.15, 0.2) is 51.4 Å². The van der Waals surface area contributed by atoms with Crippen LogP contribution in [0.2, 0.25) is 0 Å². The fourth-order valence-electron chi connectivity index (χ4n) is 1.64. The highest BCUT2D eigenvalue weighted by Gasteiger charge is 2.01. The topological polar surface area (TPSA) is 45.0 Å². The maximum absolute atomic E-state index is 8.80. The molecule has 2 aromatic carbocycles. The van der Waals surface area contributed by atoms with E-state index < -0.39 is 0 Å². The number of nitrogens with one attached hydrogen (secondary N) is 1. The lowest BCUT2D eigenvalue weighted by atomic mass is 10.2. The van der Waals surface area contributed by atoms with Crippen molar-refractivity contribution < 1.29 is 4.74 Å². The molecule has 0 aliphatic rings. The Hall–Kier alpha value is -1.51. The lowest BCUT2D eigenvalue weighted by Crippen LogP contribution is -2.11. The van der Waals surface area contributed by atoms with Gasteiger partial charge in [-0.2, -0.15) is 5.26 Å². The summed E-state index contributed by atoms with van der Waals surface area (Å²) in [5.74, 6) is 0.833. The van der Waals surface area contributed by atoms with Crippen LogP contribution in [0.5, 0.6) is 5.75 Å². The van der Waals surface area contributed by atoms with Crippen molar-refractivity contribution in [1.82, 2.24) is 0 Å². The number of hydrogen-bond donors (Lipinski definition) is 1. The number of hydrogen-bond acceptors (Lipinski definition) is 3. The van der Waals surface area contributed by atoms with E-state index in [0.717, 1.165) is 20.4 Å². The molecule has 2 rings (SSSR count). The first kappa shape index (κ1) is 14.9. The van der Waals surface area contributed by atoms with Crippen LogP contribution >= 0.6 is 31.9 Å². The van der Waals surface area contributed by atoms with Crippen molar-refractivity contribution in [3.05, 3.63) is 57.0 Å². The zero-order valence-corrected chi connectivity index (χ0v) is 13.7. The van der Waals surface area contributed by atoms with Gasteiger partial charge in [0.15, 0.2) is 0 Å². The van der Waals surface area contributed by atoms with Crippen LogP contribution in [-0.2, 0) is 0 Å².